The van der Waals surface area contributed by atoms with E-state index in [4.69, 9.17) is 11.6 Å². The minimum atomic E-state index is -3.15. The van der Waals surface area contributed by atoms with E-state index in [1.54, 1.807) is 10.4 Å². The monoisotopic (exact) mass is 265 g/mol. The number of hydrogen-bond acceptors (Lipinski definition) is 2. The van der Waals surface area contributed by atoms with Gasteiger partial charge in [-0.3, -0.25) is 0 Å². The second-order valence-corrected chi connectivity index (χ2v) is 6.57. The van der Waals surface area contributed by atoms with Crippen molar-refractivity contribution in [2.45, 2.75) is 38.1 Å². The summed E-state index contributed by atoms with van der Waals surface area (Å²) in [5.41, 5.74) is 0. The fraction of sp³-hybridized carbons (Fsp3) is 0.818. The second kappa shape index (κ2) is 6.62. The first-order valence-corrected chi connectivity index (χ1v) is 7.92. The number of sulfonamides is 1. The molecule has 0 N–H and O–H groups in total. The van der Waals surface area contributed by atoms with Gasteiger partial charge in [-0.1, -0.05) is 18.9 Å². The van der Waals surface area contributed by atoms with Crippen molar-refractivity contribution in [3.63, 3.8) is 0 Å². The van der Waals surface area contributed by atoms with E-state index in [1.165, 1.54) is 0 Å². The normalized spacial score (nSPS) is 18.1. The van der Waals surface area contributed by atoms with Crippen molar-refractivity contribution < 1.29 is 8.42 Å². The molecule has 0 bridgehead atoms. The van der Waals surface area contributed by atoms with Crippen molar-refractivity contribution in [2.24, 2.45) is 0 Å². The summed E-state index contributed by atoms with van der Waals surface area (Å²) >= 11 is 5.55. The summed E-state index contributed by atoms with van der Waals surface area (Å²) in [7, 11) is -3.15. The molecule has 0 saturated heterocycles. The molecule has 1 saturated carbocycles. The molecule has 0 spiro atoms. The molecule has 1 aliphatic carbocycles. The molecule has 0 unspecified atom stereocenters. The SMILES string of the molecule is C=CCN(C1CCCC1)S(=O)(=O)CCCCl. The van der Waals surface area contributed by atoms with Gasteiger partial charge in [0.15, 0.2) is 0 Å². The molecule has 0 aromatic heterocycles. The Morgan fingerprint density at radius 3 is 2.50 bits per heavy atom. The quantitative estimate of drug-likeness (QED) is 0.524. The average molecular weight is 266 g/mol. The van der Waals surface area contributed by atoms with E-state index in [1.807, 2.05) is 0 Å². The van der Waals surface area contributed by atoms with Crippen LogP contribution in [0.25, 0.3) is 0 Å². The van der Waals surface area contributed by atoms with Crippen LogP contribution in [0.3, 0.4) is 0 Å². The van der Waals surface area contributed by atoms with E-state index < -0.39 is 10.0 Å². The van der Waals surface area contributed by atoms with Gasteiger partial charge in [0.2, 0.25) is 10.0 Å². The number of hydrogen-bond donors (Lipinski definition) is 0. The Morgan fingerprint density at radius 1 is 1.38 bits per heavy atom. The fourth-order valence-corrected chi connectivity index (χ4v) is 4.20. The molecule has 1 fully saturated rings. The van der Waals surface area contributed by atoms with Crippen LogP contribution < -0.4 is 0 Å². The van der Waals surface area contributed by atoms with Crippen molar-refractivity contribution in [1.29, 1.82) is 0 Å². The summed E-state index contributed by atoms with van der Waals surface area (Å²) in [5, 5.41) is 0. The van der Waals surface area contributed by atoms with Crippen LogP contribution in [0.1, 0.15) is 32.1 Å². The van der Waals surface area contributed by atoms with Gasteiger partial charge in [-0.05, 0) is 19.3 Å². The van der Waals surface area contributed by atoms with Gasteiger partial charge >= 0.3 is 0 Å². The Morgan fingerprint density at radius 2 is 2.00 bits per heavy atom. The zero-order valence-electron chi connectivity index (χ0n) is 9.57. The predicted molar refractivity (Wildman–Crippen MR) is 68.3 cm³/mol. The lowest BCUT2D eigenvalue weighted by molar-refractivity contribution is 0.347. The molecule has 5 heteroatoms. The molecule has 0 atom stereocenters. The van der Waals surface area contributed by atoms with E-state index in [9.17, 15) is 8.42 Å². The van der Waals surface area contributed by atoms with E-state index in [0.717, 1.165) is 25.7 Å². The van der Waals surface area contributed by atoms with Crippen LogP contribution in [-0.4, -0.2) is 36.9 Å². The maximum atomic E-state index is 12.1. The summed E-state index contributed by atoms with van der Waals surface area (Å²) in [5.74, 6) is 0.548. The van der Waals surface area contributed by atoms with Crippen LogP contribution in [0.4, 0.5) is 0 Å². The molecule has 0 radical (unpaired) electrons. The Bertz CT molecular complexity index is 310. The Kier molecular flexibility index (Phi) is 5.79. The molecule has 94 valence electrons. The van der Waals surface area contributed by atoms with Gasteiger partial charge in [0.1, 0.15) is 0 Å². The van der Waals surface area contributed by atoms with Gasteiger partial charge < -0.3 is 0 Å². The third-order valence-electron chi connectivity index (χ3n) is 2.93. The minimum Gasteiger partial charge on any atom is -0.212 e. The molecular weight excluding hydrogens is 246 g/mol. The van der Waals surface area contributed by atoms with E-state index in [2.05, 4.69) is 6.58 Å². The number of nitrogens with zero attached hydrogens (tertiary/aromatic N) is 1. The zero-order chi connectivity index (χ0) is 12.0. The average Bonchev–Trinajstić information content (AvgIpc) is 2.76. The van der Waals surface area contributed by atoms with Gasteiger partial charge in [0.25, 0.3) is 0 Å². The lowest BCUT2D eigenvalue weighted by Crippen LogP contribution is -2.40. The molecule has 0 heterocycles. The van der Waals surface area contributed by atoms with Gasteiger partial charge in [-0.2, -0.15) is 4.31 Å². The third-order valence-corrected chi connectivity index (χ3v) is 5.17. The molecule has 3 nitrogen and oxygen atoms in total. The molecule has 16 heavy (non-hydrogen) atoms. The van der Waals surface area contributed by atoms with Crippen molar-refractivity contribution in [3.05, 3.63) is 12.7 Å². The minimum absolute atomic E-state index is 0.154. The van der Waals surface area contributed by atoms with Crippen LogP contribution in [-0.2, 0) is 10.0 Å². The standard InChI is InChI=1S/C11H20ClNO2S/c1-2-9-13(11-6-3-4-7-11)16(14,15)10-5-8-12/h2,11H,1,3-10H2. The van der Waals surface area contributed by atoms with E-state index in [0.29, 0.717) is 18.8 Å². The van der Waals surface area contributed by atoms with E-state index >= 15 is 0 Å². The van der Waals surface area contributed by atoms with Gasteiger partial charge in [0.05, 0.1) is 5.75 Å². The van der Waals surface area contributed by atoms with Gasteiger partial charge in [0, 0.05) is 18.5 Å². The second-order valence-electron chi connectivity index (χ2n) is 4.16. The predicted octanol–water partition coefficient (Wildman–Crippen LogP) is 2.38. The Hall–Kier alpha value is -0.0600. The van der Waals surface area contributed by atoms with E-state index in [-0.39, 0.29) is 11.8 Å². The first-order valence-electron chi connectivity index (χ1n) is 5.78. The first kappa shape index (κ1) is 14.0. The molecule has 0 aromatic carbocycles. The molecule has 0 aliphatic heterocycles. The fourth-order valence-electron chi connectivity index (χ4n) is 2.16. The number of rotatable bonds is 7. The lowest BCUT2D eigenvalue weighted by atomic mass is 10.2. The van der Waals surface area contributed by atoms with Crippen LogP contribution >= 0.6 is 11.6 Å². The van der Waals surface area contributed by atoms with Crippen LogP contribution in [0.15, 0.2) is 12.7 Å². The van der Waals surface area contributed by atoms with Gasteiger partial charge in [-0.15, -0.1) is 18.2 Å². The van der Waals surface area contributed by atoms with Crippen molar-refractivity contribution >= 4 is 21.6 Å². The summed E-state index contributed by atoms with van der Waals surface area (Å²) in [4.78, 5) is 0. The van der Waals surface area contributed by atoms with Gasteiger partial charge in [-0.25, -0.2) is 8.42 Å². The Labute approximate surface area is 104 Å². The van der Waals surface area contributed by atoms with Crippen LogP contribution in [0.5, 0.6) is 0 Å². The maximum Gasteiger partial charge on any atom is 0.214 e. The largest absolute Gasteiger partial charge is 0.214 e. The highest BCUT2D eigenvalue weighted by Crippen LogP contribution is 2.26. The molecule has 0 aromatic rings. The molecular formula is C11H20ClNO2S. The molecule has 1 aliphatic rings. The summed E-state index contributed by atoms with van der Waals surface area (Å²) in [6, 6.07) is 0.179. The maximum absolute atomic E-state index is 12.1. The summed E-state index contributed by atoms with van der Waals surface area (Å²) < 4.78 is 25.8. The van der Waals surface area contributed by atoms with Crippen LogP contribution in [0, 0.1) is 0 Å². The third kappa shape index (κ3) is 3.75. The molecule has 1 rings (SSSR count). The molecule has 0 amide bonds. The zero-order valence-corrected chi connectivity index (χ0v) is 11.1. The first-order chi connectivity index (χ1) is 7.61. The van der Waals surface area contributed by atoms with Crippen molar-refractivity contribution in [2.75, 3.05) is 18.2 Å². The van der Waals surface area contributed by atoms with Crippen molar-refractivity contribution in [3.8, 4) is 0 Å². The van der Waals surface area contributed by atoms with Crippen molar-refractivity contribution in [1.82, 2.24) is 4.31 Å². The summed E-state index contributed by atoms with van der Waals surface area (Å²) in [6.07, 6.45) is 6.40. The topological polar surface area (TPSA) is 37.4 Å². The highest BCUT2D eigenvalue weighted by molar-refractivity contribution is 7.89. The van der Waals surface area contributed by atoms with Crippen LogP contribution in [0.2, 0.25) is 0 Å². The Balaban J connectivity index is 2.70. The number of alkyl halides is 1. The smallest absolute Gasteiger partial charge is 0.212 e. The summed E-state index contributed by atoms with van der Waals surface area (Å²) in [6.45, 7) is 4.06. The highest BCUT2D eigenvalue weighted by Gasteiger charge is 2.30. The lowest BCUT2D eigenvalue weighted by Gasteiger charge is -2.26. The highest BCUT2D eigenvalue weighted by atomic mass is 35.5. The number of halogens is 1.